The molecule has 0 aromatic carbocycles. The number of hydroxylamine groups is 2. The predicted octanol–water partition coefficient (Wildman–Crippen LogP) is 0.124. The molecule has 5 nitrogen and oxygen atoms in total. The molecule has 0 aliphatic carbocycles. The van der Waals surface area contributed by atoms with E-state index in [1.165, 1.54) is 7.11 Å². The van der Waals surface area contributed by atoms with Gasteiger partial charge in [-0.25, -0.2) is 4.79 Å². The summed E-state index contributed by atoms with van der Waals surface area (Å²) in [6.07, 6.45) is 0. The van der Waals surface area contributed by atoms with Crippen LogP contribution in [0.4, 0.5) is 4.79 Å². The highest BCUT2D eigenvalue weighted by Gasteiger charge is 2.40. The van der Waals surface area contributed by atoms with E-state index in [0.717, 1.165) is 5.06 Å². The second kappa shape index (κ2) is 3.10. The number of imide groups is 1. The molecule has 3 amide bonds. The Morgan fingerprint density at radius 2 is 2.08 bits per heavy atom. The van der Waals surface area contributed by atoms with Gasteiger partial charge < -0.3 is 5.32 Å². The van der Waals surface area contributed by atoms with E-state index in [4.69, 9.17) is 0 Å². The summed E-state index contributed by atoms with van der Waals surface area (Å²) < 4.78 is 0. The average Bonchev–Trinajstić information content (AvgIpc) is 2.27. The van der Waals surface area contributed by atoms with Crippen molar-refractivity contribution in [2.45, 2.75) is 19.9 Å². The summed E-state index contributed by atoms with van der Waals surface area (Å²) >= 11 is 0. The van der Waals surface area contributed by atoms with Gasteiger partial charge >= 0.3 is 6.03 Å². The van der Waals surface area contributed by atoms with Crippen molar-refractivity contribution in [3.8, 4) is 0 Å². The van der Waals surface area contributed by atoms with E-state index < -0.39 is 12.1 Å². The first kappa shape index (κ1) is 8.99. The van der Waals surface area contributed by atoms with Gasteiger partial charge in [-0.2, -0.15) is 0 Å². The Morgan fingerprint density at radius 3 is 2.33 bits per heavy atom. The van der Waals surface area contributed by atoms with Crippen LogP contribution in [0.2, 0.25) is 0 Å². The molecule has 1 saturated heterocycles. The molecule has 12 heavy (non-hydrogen) atoms. The van der Waals surface area contributed by atoms with Gasteiger partial charge in [0.05, 0.1) is 7.11 Å². The fraction of sp³-hybridized carbons (Fsp3) is 0.714. The average molecular weight is 172 g/mol. The molecular formula is C7H12N2O3. The van der Waals surface area contributed by atoms with Crippen LogP contribution in [0.15, 0.2) is 0 Å². The molecule has 1 aliphatic rings. The third-order valence-corrected chi connectivity index (χ3v) is 1.78. The van der Waals surface area contributed by atoms with E-state index in [-0.39, 0.29) is 11.8 Å². The maximum atomic E-state index is 11.3. The first-order chi connectivity index (χ1) is 5.57. The summed E-state index contributed by atoms with van der Waals surface area (Å²) in [6, 6.07) is -0.932. The van der Waals surface area contributed by atoms with Crippen LogP contribution in [0.25, 0.3) is 0 Å². The Kier molecular flexibility index (Phi) is 2.32. The number of urea groups is 1. The monoisotopic (exact) mass is 172 g/mol. The second-order valence-electron chi connectivity index (χ2n) is 2.99. The van der Waals surface area contributed by atoms with Gasteiger partial charge in [-0.15, -0.1) is 5.06 Å². The smallest absolute Gasteiger partial charge is 0.324 e. The third-order valence-electron chi connectivity index (χ3n) is 1.78. The van der Waals surface area contributed by atoms with Gasteiger partial charge in [0.1, 0.15) is 6.04 Å². The quantitative estimate of drug-likeness (QED) is 0.602. The molecule has 0 radical (unpaired) electrons. The van der Waals surface area contributed by atoms with Gasteiger partial charge in [-0.3, -0.25) is 9.63 Å². The zero-order valence-electron chi connectivity index (χ0n) is 7.33. The Hall–Kier alpha value is -1.10. The lowest BCUT2D eigenvalue weighted by Crippen LogP contribution is -2.34. The molecule has 0 aromatic heterocycles. The van der Waals surface area contributed by atoms with Crippen LogP contribution in [0, 0.1) is 5.92 Å². The number of nitrogens with one attached hydrogen (secondary N) is 1. The lowest BCUT2D eigenvalue weighted by atomic mass is 10.1. The Balaban J connectivity index is 2.75. The van der Waals surface area contributed by atoms with Crippen molar-refractivity contribution in [1.82, 2.24) is 10.4 Å². The van der Waals surface area contributed by atoms with Gasteiger partial charge in [-0.05, 0) is 5.92 Å². The van der Waals surface area contributed by atoms with E-state index in [1.54, 1.807) is 0 Å². The summed E-state index contributed by atoms with van der Waals surface area (Å²) in [5.41, 5.74) is 0. The maximum Gasteiger partial charge on any atom is 0.349 e. The lowest BCUT2D eigenvalue weighted by molar-refractivity contribution is -0.156. The summed E-state index contributed by atoms with van der Waals surface area (Å²) in [5, 5.41) is 3.26. The van der Waals surface area contributed by atoms with Gasteiger partial charge in [0.25, 0.3) is 5.91 Å². The van der Waals surface area contributed by atoms with Gasteiger partial charge in [0.15, 0.2) is 0 Å². The minimum Gasteiger partial charge on any atom is -0.324 e. The topological polar surface area (TPSA) is 58.6 Å². The number of hydrogen-bond donors (Lipinski definition) is 1. The van der Waals surface area contributed by atoms with Gasteiger partial charge in [0, 0.05) is 0 Å². The first-order valence-electron chi connectivity index (χ1n) is 3.76. The van der Waals surface area contributed by atoms with Gasteiger partial charge in [-0.1, -0.05) is 13.8 Å². The van der Waals surface area contributed by atoms with E-state index in [2.05, 4.69) is 10.2 Å². The molecule has 1 heterocycles. The number of carbonyl (C=O) groups is 2. The zero-order chi connectivity index (χ0) is 9.30. The normalized spacial score (nSPS) is 23.7. The first-order valence-corrected chi connectivity index (χ1v) is 3.76. The van der Waals surface area contributed by atoms with Crippen molar-refractivity contribution in [3.05, 3.63) is 0 Å². The molecule has 1 rings (SSSR count). The van der Waals surface area contributed by atoms with Crippen LogP contribution in [0.1, 0.15) is 13.8 Å². The Labute approximate surface area is 70.6 Å². The molecule has 0 spiro atoms. The molecule has 1 unspecified atom stereocenters. The number of amides is 3. The van der Waals surface area contributed by atoms with Crippen LogP contribution in [0.3, 0.4) is 0 Å². The van der Waals surface area contributed by atoms with E-state index in [0.29, 0.717) is 0 Å². The van der Waals surface area contributed by atoms with E-state index in [9.17, 15) is 9.59 Å². The highest BCUT2D eigenvalue weighted by molar-refractivity contribution is 6.03. The fourth-order valence-corrected chi connectivity index (χ4v) is 1.10. The summed E-state index contributed by atoms with van der Waals surface area (Å²) in [4.78, 5) is 26.9. The Bertz CT molecular complexity index is 215. The Morgan fingerprint density at radius 1 is 1.50 bits per heavy atom. The SMILES string of the molecule is CON1C(=O)NC(C(C)C)C1=O. The molecule has 1 atom stereocenters. The number of hydrogen-bond acceptors (Lipinski definition) is 3. The van der Waals surface area contributed by atoms with Crippen molar-refractivity contribution in [3.63, 3.8) is 0 Å². The van der Waals surface area contributed by atoms with Crippen LogP contribution in [-0.4, -0.2) is 30.2 Å². The highest BCUT2D eigenvalue weighted by Crippen LogP contribution is 2.12. The van der Waals surface area contributed by atoms with E-state index in [1.807, 2.05) is 13.8 Å². The van der Waals surface area contributed by atoms with Crippen molar-refractivity contribution in [2.75, 3.05) is 7.11 Å². The molecule has 68 valence electrons. The maximum absolute atomic E-state index is 11.3. The van der Waals surface area contributed by atoms with Crippen molar-refractivity contribution < 1.29 is 14.4 Å². The second-order valence-corrected chi connectivity index (χ2v) is 2.99. The van der Waals surface area contributed by atoms with E-state index >= 15 is 0 Å². The molecule has 1 fully saturated rings. The molecule has 1 N–H and O–H groups in total. The largest absolute Gasteiger partial charge is 0.349 e. The van der Waals surface area contributed by atoms with Crippen LogP contribution in [-0.2, 0) is 9.63 Å². The van der Waals surface area contributed by atoms with Crippen LogP contribution < -0.4 is 5.32 Å². The molecule has 0 bridgehead atoms. The minimum atomic E-state index is -0.485. The summed E-state index contributed by atoms with van der Waals surface area (Å²) in [5.74, 6) is -0.237. The number of rotatable bonds is 2. The predicted molar refractivity (Wildman–Crippen MR) is 41.0 cm³/mol. The van der Waals surface area contributed by atoms with Crippen LogP contribution >= 0.6 is 0 Å². The molecular weight excluding hydrogens is 160 g/mol. The highest BCUT2D eigenvalue weighted by atomic mass is 16.7. The molecule has 1 aliphatic heterocycles. The minimum absolute atomic E-state index is 0.0848. The zero-order valence-corrected chi connectivity index (χ0v) is 7.33. The number of carbonyl (C=O) groups excluding carboxylic acids is 2. The fourth-order valence-electron chi connectivity index (χ4n) is 1.10. The third kappa shape index (κ3) is 1.27. The van der Waals surface area contributed by atoms with Crippen molar-refractivity contribution >= 4 is 11.9 Å². The molecule has 0 saturated carbocycles. The molecule has 5 heteroatoms. The lowest BCUT2D eigenvalue weighted by Gasteiger charge is -2.11. The standard InChI is InChI=1S/C7H12N2O3/c1-4(2)5-6(10)9(12-3)7(11)8-5/h4-5H,1-3H3,(H,8,11). The van der Waals surface area contributed by atoms with Crippen molar-refractivity contribution in [1.29, 1.82) is 0 Å². The molecule has 0 aromatic rings. The number of nitrogens with zero attached hydrogens (tertiary/aromatic N) is 1. The van der Waals surface area contributed by atoms with Crippen LogP contribution in [0.5, 0.6) is 0 Å². The summed E-state index contributed by atoms with van der Waals surface area (Å²) in [6.45, 7) is 3.73. The van der Waals surface area contributed by atoms with Crippen molar-refractivity contribution in [2.24, 2.45) is 5.92 Å². The summed E-state index contributed by atoms with van der Waals surface area (Å²) in [7, 11) is 1.29. The van der Waals surface area contributed by atoms with Gasteiger partial charge in [0.2, 0.25) is 0 Å².